The van der Waals surface area contributed by atoms with Gasteiger partial charge in [0.2, 0.25) is 11.8 Å². The molecule has 1 N–H and O–H groups in total. The van der Waals surface area contributed by atoms with Gasteiger partial charge in [-0.1, -0.05) is 25.0 Å². The highest BCUT2D eigenvalue weighted by Gasteiger charge is 2.40. The second-order valence-corrected chi connectivity index (χ2v) is 9.05. The van der Waals surface area contributed by atoms with E-state index in [-0.39, 0.29) is 24.3 Å². The average Bonchev–Trinajstić information content (AvgIpc) is 3.10. The summed E-state index contributed by atoms with van der Waals surface area (Å²) in [6.45, 7) is 1.21. The smallest absolute Gasteiger partial charge is 0.250 e. The van der Waals surface area contributed by atoms with Gasteiger partial charge in [0, 0.05) is 23.7 Å². The van der Waals surface area contributed by atoms with Crippen LogP contribution in [0.2, 0.25) is 0 Å². The number of anilines is 2. The van der Waals surface area contributed by atoms with Gasteiger partial charge in [-0.25, -0.2) is 0 Å². The topological polar surface area (TPSA) is 79.0 Å². The van der Waals surface area contributed by atoms with E-state index in [2.05, 4.69) is 5.32 Å². The minimum Gasteiger partial charge on any atom is -0.497 e. The summed E-state index contributed by atoms with van der Waals surface area (Å²) >= 11 is 1.28. The molecule has 7 nitrogen and oxygen atoms in total. The van der Waals surface area contributed by atoms with E-state index in [4.69, 9.17) is 4.74 Å². The molecule has 4 rings (SSSR count). The van der Waals surface area contributed by atoms with Gasteiger partial charge in [0.25, 0.3) is 5.91 Å². The number of likely N-dealkylation sites (tertiary alicyclic amines) is 1. The maximum Gasteiger partial charge on any atom is 0.250 e. The second-order valence-electron chi connectivity index (χ2n) is 7.91. The Morgan fingerprint density at radius 3 is 2.41 bits per heavy atom. The number of rotatable bonds is 5. The number of carbonyl (C=O) groups excluding carboxylic acids is 3. The Morgan fingerprint density at radius 2 is 1.72 bits per heavy atom. The van der Waals surface area contributed by atoms with Crippen LogP contribution < -0.4 is 15.0 Å². The SMILES string of the molecule is COc1ccc(NC(=O)CN2C(=O)[C@H](C(=O)N3CCCCCC3)Sc3ccccc32)cc1. The number of ether oxygens (including phenoxy) is 1. The van der Waals surface area contributed by atoms with Crippen molar-refractivity contribution in [3.63, 3.8) is 0 Å². The number of methoxy groups -OCH3 is 1. The predicted molar refractivity (Wildman–Crippen MR) is 125 cm³/mol. The zero-order valence-electron chi connectivity index (χ0n) is 18.1. The number of benzene rings is 2. The molecule has 2 aliphatic rings. The number of hydrogen-bond donors (Lipinski definition) is 1. The average molecular weight is 454 g/mol. The molecule has 0 radical (unpaired) electrons. The molecule has 0 unspecified atom stereocenters. The van der Waals surface area contributed by atoms with Crippen LogP contribution >= 0.6 is 11.8 Å². The summed E-state index contributed by atoms with van der Waals surface area (Å²) in [6.07, 6.45) is 4.13. The number of amides is 3. The van der Waals surface area contributed by atoms with E-state index in [0.717, 1.165) is 30.6 Å². The van der Waals surface area contributed by atoms with Crippen LogP contribution in [0, 0.1) is 0 Å². The molecular weight excluding hydrogens is 426 g/mol. The van der Waals surface area contributed by atoms with Gasteiger partial charge >= 0.3 is 0 Å². The Hall–Kier alpha value is -3.00. The van der Waals surface area contributed by atoms with Crippen LogP contribution in [0.25, 0.3) is 0 Å². The van der Waals surface area contributed by atoms with Gasteiger partial charge in [-0.3, -0.25) is 14.4 Å². The van der Waals surface area contributed by atoms with Crippen molar-refractivity contribution in [2.45, 2.75) is 35.8 Å². The standard InChI is InChI=1S/C24H27N3O4S/c1-31-18-12-10-17(11-13-18)25-21(28)16-27-19-8-4-5-9-20(19)32-22(24(27)30)23(29)26-14-6-2-3-7-15-26/h4-5,8-13,22H,2-3,6-7,14-16H2,1H3,(H,25,28)/t22-/m0/s1. The summed E-state index contributed by atoms with van der Waals surface area (Å²) in [6, 6.07) is 14.4. The summed E-state index contributed by atoms with van der Waals surface area (Å²) in [5.74, 6) is -0.133. The highest BCUT2D eigenvalue weighted by atomic mass is 32.2. The van der Waals surface area contributed by atoms with Crippen molar-refractivity contribution >= 4 is 40.9 Å². The first-order valence-electron chi connectivity index (χ1n) is 10.9. The van der Waals surface area contributed by atoms with Crippen molar-refractivity contribution in [3.8, 4) is 5.75 Å². The maximum atomic E-state index is 13.4. The monoisotopic (exact) mass is 453 g/mol. The van der Waals surface area contributed by atoms with E-state index in [1.54, 1.807) is 31.4 Å². The minimum absolute atomic E-state index is 0.156. The number of hydrogen-bond acceptors (Lipinski definition) is 5. The molecule has 0 spiro atoms. The summed E-state index contributed by atoms with van der Waals surface area (Å²) in [4.78, 5) is 43.5. The first kappa shape index (κ1) is 22.2. The van der Waals surface area contributed by atoms with Gasteiger partial charge < -0.3 is 19.9 Å². The summed E-state index contributed by atoms with van der Waals surface area (Å²) in [7, 11) is 1.58. The van der Waals surface area contributed by atoms with E-state index in [9.17, 15) is 14.4 Å². The molecule has 0 aromatic heterocycles. The highest BCUT2D eigenvalue weighted by molar-refractivity contribution is 8.01. The zero-order valence-corrected chi connectivity index (χ0v) is 18.9. The molecule has 0 aliphatic carbocycles. The molecule has 0 bridgehead atoms. The Kier molecular flexibility index (Phi) is 6.99. The van der Waals surface area contributed by atoms with Crippen molar-refractivity contribution < 1.29 is 19.1 Å². The van der Waals surface area contributed by atoms with E-state index < -0.39 is 5.25 Å². The number of fused-ring (bicyclic) bond motifs is 1. The molecule has 3 amide bonds. The van der Waals surface area contributed by atoms with E-state index in [1.807, 2.05) is 29.2 Å². The molecule has 1 atom stereocenters. The Balaban J connectivity index is 1.52. The lowest BCUT2D eigenvalue weighted by molar-refractivity contribution is -0.135. The number of nitrogens with zero attached hydrogens (tertiary/aromatic N) is 2. The highest BCUT2D eigenvalue weighted by Crippen LogP contribution is 2.39. The molecule has 2 aromatic rings. The van der Waals surface area contributed by atoms with Crippen LogP contribution in [0.15, 0.2) is 53.4 Å². The fourth-order valence-corrected chi connectivity index (χ4v) is 5.20. The third-order valence-corrected chi connectivity index (χ3v) is 6.95. The quantitative estimate of drug-likeness (QED) is 0.701. The predicted octanol–water partition coefficient (Wildman–Crippen LogP) is 3.54. The Labute approximate surface area is 192 Å². The van der Waals surface area contributed by atoms with Gasteiger partial charge in [-0.2, -0.15) is 0 Å². The Bertz CT molecular complexity index is 987. The van der Waals surface area contributed by atoms with Crippen molar-refractivity contribution in [2.75, 3.05) is 37.0 Å². The zero-order chi connectivity index (χ0) is 22.5. The van der Waals surface area contributed by atoms with Gasteiger partial charge in [0.05, 0.1) is 12.8 Å². The van der Waals surface area contributed by atoms with Crippen molar-refractivity contribution in [1.82, 2.24) is 4.90 Å². The molecular formula is C24H27N3O4S. The molecule has 2 heterocycles. The van der Waals surface area contributed by atoms with Crippen molar-refractivity contribution in [3.05, 3.63) is 48.5 Å². The summed E-state index contributed by atoms with van der Waals surface area (Å²) in [5, 5.41) is 1.95. The maximum absolute atomic E-state index is 13.4. The lowest BCUT2D eigenvalue weighted by Gasteiger charge is -2.34. The first-order valence-corrected chi connectivity index (χ1v) is 11.7. The van der Waals surface area contributed by atoms with Gasteiger partial charge in [-0.15, -0.1) is 11.8 Å². The molecule has 2 aliphatic heterocycles. The van der Waals surface area contributed by atoms with Crippen LogP contribution in [-0.4, -0.2) is 54.6 Å². The normalized spacial score (nSPS) is 18.5. The summed E-state index contributed by atoms with van der Waals surface area (Å²) in [5.41, 5.74) is 1.27. The second kappa shape index (κ2) is 10.1. The van der Waals surface area contributed by atoms with Gasteiger partial charge in [0.15, 0.2) is 5.25 Å². The fraction of sp³-hybridized carbons (Fsp3) is 0.375. The molecule has 2 aromatic carbocycles. The number of carbonyl (C=O) groups is 3. The Morgan fingerprint density at radius 1 is 1.03 bits per heavy atom. The van der Waals surface area contributed by atoms with E-state index >= 15 is 0 Å². The van der Waals surface area contributed by atoms with Crippen LogP contribution in [0.3, 0.4) is 0 Å². The molecule has 8 heteroatoms. The van der Waals surface area contributed by atoms with E-state index in [0.29, 0.717) is 30.2 Å². The number of thioether (sulfide) groups is 1. The third-order valence-electron chi connectivity index (χ3n) is 5.71. The third kappa shape index (κ3) is 4.91. The molecule has 0 saturated carbocycles. The van der Waals surface area contributed by atoms with Crippen molar-refractivity contribution in [1.29, 1.82) is 0 Å². The van der Waals surface area contributed by atoms with E-state index in [1.165, 1.54) is 16.7 Å². The largest absolute Gasteiger partial charge is 0.497 e. The lowest BCUT2D eigenvalue weighted by Crippen LogP contribution is -2.51. The van der Waals surface area contributed by atoms with Crippen LogP contribution in [0.1, 0.15) is 25.7 Å². The van der Waals surface area contributed by atoms with Crippen LogP contribution in [0.5, 0.6) is 5.75 Å². The van der Waals surface area contributed by atoms with Gasteiger partial charge in [-0.05, 0) is 49.2 Å². The fourth-order valence-electron chi connectivity index (χ4n) is 4.01. The van der Waals surface area contributed by atoms with Gasteiger partial charge in [0.1, 0.15) is 12.3 Å². The summed E-state index contributed by atoms with van der Waals surface area (Å²) < 4.78 is 5.14. The minimum atomic E-state index is -0.864. The van der Waals surface area contributed by atoms with Crippen LogP contribution in [-0.2, 0) is 14.4 Å². The first-order chi connectivity index (χ1) is 15.6. The molecule has 168 valence electrons. The number of nitrogens with one attached hydrogen (secondary N) is 1. The molecule has 32 heavy (non-hydrogen) atoms. The lowest BCUT2D eigenvalue weighted by atomic mass is 10.2. The molecule has 1 saturated heterocycles. The van der Waals surface area contributed by atoms with Crippen LogP contribution in [0.4, 0.5) is 11.4 Å². The van der Waals surface area contributed by atoms with Crippen molar-refractivity contribution in [2.24, 2.45) is 0 Å². The molecule has 1 fully saturated rings. The number of para-hydroxylation sites is 1.